The molecule has 0 unspecified atom stereocenters. The highest BCUT2D eigenvalue weighted by Gasteiger charge is 2.37. The fourth-order valence-corrected chi connectivity index (χ4v) is 3.91. The van der Waals surface area contributed by atoms with Crippen LogP contribution >= 0.6 is 0 Å². The van der Waals surface area contributed by atoms with Gasteiger partial charge < -0.3 is 4.98 Å². The molecule has 0 amide bonds. The van der Waals surface area contributed by atoms with Gasteiger partial charge in [-0.3, -0.25) is 0 Å². The standard InChI is InChI=1S/C20H17FN2/c1-12-10-16-15-4-2-3-5-18(15)23-20(16)19(17(12)11-22)13-6-8-14(21)9-7-13/h2-9,12,17,19,23H,10H2,1H3/t12-,17+,19-/m1/s1. The molecule has 0 radical (unpaired) electrons. The average molecular weight is 304 g/mol. The summed E-state index contributed by atoms with van der Waals surface area (Å²) in [6, 6.07) is 17.3. The van der Waals surface area contributed by atoms with Crippen molar-refractivity contribution in [2.75, 3.05) is 0 Å². The summed E-state index contributed by atoms with van der Waals surface area (Å²) in [6.45, 7) is 2.13. The van der Waals surface area contributed by atoms with E-state index in [0.29, 0.717) is 0 Å². The van der Waals surface area contributed by atoms with Gasteiger partial charge in [0.05, 0.1) is 12.0 Å². The van der Waals surface area contributed by atoms with E-state index in [1.165, 1.54) is 23.1 Å². The van der Waals surface area contributed by atoms with Crippen LogP contribution in [-0.2, 0) is 6.42 Å². The first kappa shape index (κ1) is 14.0. The minimum Gasteiger partial charge on any atom is -0.358 e. The molecule has 114 valence electrons. The van der Waals surface area contributed by atoms with Crippen molar-refractivity contribution in [3.8, 4) is 6.07 Å². The number of halogens is 1. The second-order valence-corrected chi connectivity index (χ2v) is 6.43. The molecular weight excluding hydrogens is 287 g/mol. The number of aromatic amines is 1. The van der Waals surface area contributed by atoms with Crippen molar-refractivity contribution in [2.24, 2.45) is 11.8 Å². The van der Waals surface area contributed by atoms with Crippen LogP contribution in [0, 0.1) is 29.0 Å². The number of rotatable bonds is 1. The molecule has 1 N–H and O–H groups in total. The number of para-hydroxylation sites is 1. The van der Waals surface area contributed by atoms with Gasteiger partial charge in [0.25, 0.3) is 0 Å². The number of hydrogen-bond acceptors (Lipinski definition) is 1. The van der Waals surface area contributed by atoms with E-state index < -0.39 is 0 Å². The number of nitrogens with zero attached hydrogens (tertiary/aromatic N) is 1. The SMILES string of the molecule is C[C@@H]1Cc2c([nH]c3ccccc23)[C@H](c2ccc(F)cc2)[C@H]1C#N. The van der Waals surface area contributed by atoms with Crippen molar-refractivity contribution in [3.63, 3.8) is 0 Å². The predicted octanol–water partition coefficient (Wildman–Crippen LogP) is 4.77. The molecule has 0 aliphatic heterocycles. The number of nitrogens with one attached hydrogen (secondary N) is 1. The first-order valence-corrected chi connectivity index (χ1v) is 7.93. The smallest absolute Gasteiger partial charge is 0.123 e. The zero-order chi connectivity index (χ0) is 16.0. The lowest BCUT2D eigenvalue weighted by Gasteiger charge is -2.32. The van der Waals surface area contributed by atoms with Crippen molar-refractivity contribution in [2.45, 2.75) is 19.3 Å². The lowest BCUT2D eigenvalue weighted by Crippen LogP contribution is -2.27. The van der Waals surface area contributed by atoms with Gasteiger partial charge in [0.1, 0.15) is 5.82 Å². The molecule has 0 bridgehead atoms. The van der Waals surface area contributed by atoms with Crippen LogP contribution in [0.15, 0.2) is 48.5 Å². The largest absolute Gasteiger partial charge is 0.358 e. The molecule has 1 aliphatic rings. The number of aromatic nitrogens is 1. The molecule has 3 aromatic rings. The Morgan fingerprint density at radius 3 is 2.61 bits per heavy atom. The van der Waals surface area contributed by atoms with E-state index in [9.17, 15) is 9.65 Å². The predicted molar refractivity (Wildman–Crippen MR) is 88.5 cm³/mol. The Balaban J connectivity index is 1.95. The third-order valence-electron chi connectivity index (χ3n) is 5.03. The van der Waals surface area contributed by atoms with E-state index in [-0.39, 0.29) is 23.6 Å². The lowest BCUT2D eigenvalue weighted by molar-refractivity contribution is 0.369. The molecule has 2 nitrogen and oxygen atoms in total. The van der Waals surface area contributed by atoms with Crippen molar-refractivity contribution in [1.82, 2.24) is 4.98 Å². The summed E-state index contributed by atoms with van der Waals surface area (Å²) >= 11 is 0. The molecule has 1 heterocycles. The summed E-state index contributed by atoms with van der Waals surface area (Å²) in [7, 11) is 0. The number of fused-ring (bicyclic) bond motifs is 3. The molecule has 0 fully saturated rings. The van der Waals surface area contributed by atoms with Crippen molar-refractivity contribution in [3.05, 3.63) is 71.2 Å². The van der Waals surface area contributed by atoms with Crippen LogP contribution in [0.2, 0.25) is 0 Å². The highest BCUT2D eigenvalue weighted by atomic mass is 19.1. The lowest BCUT2D eigenvalue weighted by atomic mass is 9.70. The van der Waals surface area contributed by atoms with E-state index in [2.05, 4.69) is 30.1 Å². The van der Waals surface area contributed by atoms with Gasteiger partial charge in [-0.25, -0.2) is 4.39 Å². The summed E-state index contributed by atoms with van der Waals surface area (Å²) in [5.41, 5.74) is 4.52. The van der Waals surface area contributed by atoms with Crippen LogP contribution in [0.4, 0.5) is 4.39 Å². The highest BCUT2D eigenvalue weighted by molar-refractivity contribution is 5.85. The molecule has 23 heavy (non-hydrogen) atoms. The Morgan fingerprint density at radius 1 is 1.13 bits per heavy atom. The zero-order valence-electron chi connectivity index (χ0n) is 12.9. The third-order valence-corrected chi connectivity index (χ3v) is 5.03. The Bertz CT molecular complexity index is 902. The molecule has 4 rings (SSSR count). The van der Waals surface area contributed by atoms with E-state index in [1.54, 1.807) is 12.1 Å². The molecular formula is C20H17FN2. The molecule has 2 aromatic carbocycles. The van der Waals surface area contributed by atoms with Crippen molar-refractivity contribution >= 4 is 10.9 Å². The second-order valence-electron chi connectivity index (χ2n) is 6.43. The van der Waals surface area contributed by atoms with Crippen molar-refractivity contribution in [1.29, 1.82) is 5.26 Å². The maximum Gasteiger partial charge on any atom is 0.123 e. The van der Waals surface area contributed by atoms with E-state index in [1.807, 2.05) is 12.1 Å². The quantitative estimate of drug-likeness (QED) is 0.691. The topological polar surface area (TPSA) is 39.6 Å². The van der Waals surface area contributed by atoms with Gasteiger partial charge in [-0.2, -0.15) is 5.26 Å². The Labute approximate surface area is 134 Å². The van der Waals surface area contributed by atoms with Gasteiger partial charge in [-0.1, -0.05) is 37.3 Å². The van der Waals surface area contributed by atoms with Gasteiger partial charge in [-0.15, -0.1) is 0 Å². The van der Waals surface area contributed by atoms with E-state index in [0.717, 1.165) is 23.2 Å². The minimum absolute atomic E-state index is 0.0354. The first-order chi connectivity index (χ1) is 11.2. The van der Waals surface area contributed by atoms with Gasteiger partial charge in [0.15, 0.2) is 0 Å². The fourth-order valence-electron chi connectivity index (χ4n) is 3.91. The number of H-pyrrole nitrogens is 1. The maximum absolute atomic E-state index is 13.3. The summed E-state index contributed by atoms with van der Waals surface area (Å²) in [5.74, 6) is -0.127. The fraction of sp³-hybridized carbons (Fsp3) is 0.250. The summed E-state index contributed by atoms with van der Waals surface area (Å²) in [6.07, 6.45) is 0.898. The monoisotopic (exact) mass is 304 g/mol. The molecule has 3 atom stereocenters. The van der Waals surface area contributed by atoms with Crippen LogP contribution in [-0.4, -0.2) is 4.98 Å². The van der Waals surface area contributed by atoms with E-state index >= 15 is 0 Å². The molecule has 0 spiro atoms. The molecule has 3 heteroatoms. The van der Waals surface area contributed by atoms with Gasteiger partial charge in [0, 0.05) is 22.5 Å². The summed E-state index contributed by atoms with van der Waals surface area (Å²) in [4.78, 5) is 3.52. The van der Waals surface area contributed by atoms with Crippen molar-refractivity contribution < 1.29 is 4.39 Å². The van der Waals surface area contributed by atoms with Gasteiger partial charge in [0.2, 0.25) is 0 Å². The summed E-state index contributed by atoms with van der Waals surface area (Å²) in [5, 5.41) is 10.9. The number of hydrogen-bond donors (Lipinski definition) is 1. The second kappa shape index (κ2) is 5.24. The Morgan fingerprint density at radius 2 is 1.87 bits per heavy atom. The average Bonchev–Trinajstić information content (AvgIpc) is 2.93. The zero-order valence-corrected chi connectivity index (χ0v) is 12.9. The Hall–Kier alpha value is -2.60. The van der Waals surface area contributed by atoms with Crippen LogP contribution in [0.25, 0.3) is 10.9 Å². The maximum atomic E-state index is 13.3. The molecule has 1 aliphatic carbocycles. The number of benzene rings is 2. The Kier molecular flexibility index (Phi) is 3.20. The normalized spacial score (nSPS) is 23.4. The molecule has 0 saturated heterocycles. The van der Waals surface area contributed by atoms with Crippen LogP contribution < -0.4 is 0 Å². The van der Waals surface area contributed by atoms with Gasteiger partial charge >= 0.3 is 0 Å². The van der Waals surface area contributed by atoms with Crippen LogP contribution in [0.1, 0.15) is 29.7 Å². The van der Waals surface area contributed by atoms with Crippen LogP contribution in [0.3, 0.4) is 0 Å². The first-order valence-electron chi connectivity index (χ1n) is 7.93. The molecule has 0 saturated carbocycles. The summed E-state index contributed by atoms with van der Waals surface area (Å²) < 4.78 is 13.3. The number of nitriles is 1. The van der Waals surface area contributed by atoms with Crippen LogP contribution in [0.5, 0.6) is 0 Å². The van der Waals surface area contributed by atoms with E-state index in [4.69, 9.17) is 0 Å². The molecule has 1 aromatic heterocycles. The minimum atomic E-state index is -0.247. The third kappa shape index (κ3) is 2.14. The highest BCUT2D eigenvalue weighted by Crippen LogP contribution is 2.45. The van der Waals surface area contributed by atoms with Gasteiger partial charge in [-0.05, 0) is 41.7 Å².